The van der Waals surface area contributed by atoms with Crippen molar-refractivity contribution >= 4 is 110 Å². The van der Waals surface area contributed by atoms with E-state index in [1.54, 1.807) is 30.6 Å². The third-order valence-corrected chi connectivity index (χ3v) is 18.3. The molecule has 0 bridgehead atoms. The van der Waals surface area contributed by atoms with Crippen LogP contribution in [-0.2, 0) is 22.2 Å². The molecule has 0 saturated carbocycles. The van der Waals surface area contributed by atoms with Crippen molar-refractivity contribution in [2.24, 2.45) is 5.84 Å². The summed E-state index contributed by atoms with van der Waals surface area (Å²) in [7, 11) is 0. The maximum atomic E-state index is 12.2. The van der Waals surface area contributed by atoms with Crippen LogP contribution in [0.25, 0.3) is 124 Å². The summed E-state index contributed by atoms with van der Waals surface area (Å²) in [6.07, 6.45) is 3.39. The minimum absolute atomic E-state index is 0.197. The third-order valence-electron chi connectivity index (χ3n) is 16.8. The van der Waals surface area contributed by atoms with Gasteiger partial charge in [0.25, 0.3) is 5.91 Å². The van der Waals surface area contributed by atoms with Crippen LogP contribution in [0.4, 0.5) is 5.95 Å². The Bertz CT molecular complexity index is 5910. The first-order valence-corrected chi connectivity index (χ1v) is 35.5. The number of anilines is 1. The Hall–Kier alpha value is -11.3. The topological polar surface area (TPSA) is 333 Å². The molecule has 24 nitrogen and oxygen atoms in total. The van der Waals surface area contributed by atoms with Gasteiger partial charge in [-0.25, -0.2) is 60.3 Å². The number of aromatic carboxylic acids is 1. The fourth-order valence-corrected chi connectivity index (χ4v) is 13.6. The summed E-state index contributed by atoms with van der Waals surface area (Å²) in [5.74, 6) is 6.53. The third kappa shape index (κ3) is 15.4. The predicted molar refractivity (Wildman–Crippen MR) is 420 cm³/mol. The van der Waals surface area contributed by atoms with Crippen LogP contribution in [0.2, 0.25) is 0 Å². The zero-order chi connectivity index (χ0) is 75.2. The first kappa shape index (κ1) is 73.5. The number of halogens is 3. The fourth-order valence-electron chi connectivity index (χ4n) is 12.6. The Labute approximate surface area is 627 Å². The van der Waals surface area contributed by atoms with Gasteiger partial charge >= 0.3 is 17.5 Å². The highest BCUT2D eigenvalue weighted by atomic mass is 79.9. The smallest absolute Gasteiger partial charge is 0.434 e. The molecule has 534 valence electrons. The monoisotopic (exact) mass is 1600 g/mol. The van der Waals surface area contributed by atoms with Crippen molar-refractivity contribution in [3.63, 3.8) is 0 Å². The van der Waals surface area contributed by atoms with E-state index in [1.165, 1.54) is 0 Å². The van der Waals surface area contributed by atoms with Crippen LogP contribution in [0.5, 0.6) is 0 Å². The van der Waals surface area contributed by atoms with Crippen LogP contribution in [0, 0.1) is 0 Å². The van der Waals surface area contributed by atoms with Crippen molar-refractivity contribution in [3.8, 4) is 79.6 Å². The number of nitrogens with one attached hydrogen (secondary N) is 3. The van der Waals surface area contributed by atoms with Crippen LogP contribution in [0.1, 0.15) is 104 Å². The lowest BCUT2D eigenvalue weighted by atomic mass is 10.0. The van der Waals surface area contributed by atoms with Gasteiger partial charge in [0, 0.05) is 86.9 Å². The molecular formula is C78H74Br3N17O7. The molecule has 8 N–H and O–H groups in total. The van der Waals surface area contributed by atoms with Crippen molar-refractivity contribution in [3.05, 3.63) is 228 Å². The maximum absolute atomic E-state index is 12.2. The van der Waals surface area contributed by atoms with Crippen molar-refractivity contribution in [1.29, 1.82) is 0 Å². The number of carboxylic acid groups (broad SMARTS) is 1. The van der Waals surface area contributed by atoms with Gasteiger partial charge in [-0.2, -0.15) is 0 Å². The molecule has 105 heavy (non-hydrogen) atoms. The number of aromatic nitrogens is 14. The number of benzene rings is 8. The summed E-state index contributed by atoms with van der Waals surface area (Å²) in [5.41, 5.74) is 21.4. The standard InChI is InChI=1S/C23H21N7O2.C19H17BrN4O2.C18H19BrN4O.C18H17BrN2O2/c1-23(2,3)30-18-9-8-13(14-11-25-21(24)26-12-14)10-17(18)27-19(30)15-6-4-5-7-16(15)20-28-29-22(31)32-20;1-19(2,3)24-15-9-8-11(20)10-14(15)21-16(24)12-6-4-5-7-13(12)17-22-23-18(25)26-17;1-18(2,3)23-15-9-8-11(19)10-14(15)21-16(23)12-6-4-5-7-13(12)17(24)22-20;1-18(2,3)21-15-9-8-11(19)10-14(15)20-16(21)12-6-4-5-7-13(12)17(22)23/h4-12H,1-3H3,(H,29,31)(H2,24,25,26);4-10H,1-3H3,(H,23,25);4-10H,20H2,1-3H3,(H,22,24);4-10H,1-3H3,(H,22,23). The minimum atomic E-state index is -0.950. The number of fused-ring (bicyclic) bond motifs is 4. The van der Waals surface area contributed by atoms with Gasteiger partial charge in [-0.1, -0.05) is 127 Å². The first-order valence-electron chi connectivity index (χ1n) is 33.2. The number of rotatable bonds is 9. The molecule has 0 unspecified atom stereocenters. The number of carbonyl (C=O) groups is 2. The van der Waals surface area contributed by atoms with Gasteiger partial charge in [-0.15, -0.1) is 10.2 Å². The lowest BCUT2D eigenvalue weighted by Crippen LogP contribution is -2.31. The van der Waals surface area contributed by atoms with Gasteiger partial charge in [0.2, 0.25) is 17.7 Å². The van der Waals surface area contributed by atoms with Crippen molar-refractivity contribution in [1.82, 2.24) is 74.0 Å². The molecule has 0 fully saturated rings. The normalized spacial score (nSPS) is 11.8. The summed E-state index contributed by atoms with van der Waals surface area (Å²) in [6, 6.07) is 53.6. The summed E-state index contributed by atoms with van der Waals surface area (Å²) < 4.78 is 21.9. The molecule has 0 saturated heterocycles. The number of aromatic amines is 2. The number of nitrogens with zero attached hydrogens (tertiary/aromatic N) is 12. The van der Waals surface area contributed by atoms with Crippen molar-refractivity contribution in [2.45, 2.75) is 105 Å². The lowest BCUT2D eigenvalue weighted by Gasteiger charge is -2.25. The molecule has 0 aliphatic rings. The highest BCUT2D eigenvalue weighted by Crippen LogP contribution is 2.41. The first-order chi connectivity index (χ1) is 49.8. The molecular weight excluding hydrogens is 1530 g/mol. The van der Waals surface area contributed by atoms with E-state index in [0.717, 1.165) is 103 Å². The van der Waals surface area contributed by atoms with Crippen LogP contribution in [0.15, 0.2) is 214 Å². The van der Waals surface area contributed by atoms with Crippen LogP contribution < -0.4 is 28.5 Å². The van der Waals surface area contributed by atoms with Crippen LogP contribution in [-0.4, -0.2) is 85.6 Å². The van der Waals surface area contributed by atoms with E-state index in [2.05, 4.69) is 191 Å². The van der Waals surface area contributed by atoms with Gasteiger partial charge in [0.1, 0.15) is 23.3 Å². The molecule has 15 aromatic rings. The Morgan fingerprint density at radius 1 is 0.429 bits per heavy atom. The zero-order valence-electron chi connectivity index (χ0n) is 59.4. The van der Waals surface area contributed by atoms with Crippen molar-refractivity contribution in [2.75, 3.05) is 5.73 Å². The van der Waals surface area contributed by atoms with E-state index in [0.29, 0.717) is 28.1 Å². The number of hydrazine groups is 1. The number of carbonyl (C=O) groups excluding carboxylic acids is 1. The Morgan fingerprint density at radius 3 is 1.09 bits per heavy atom. The summed E-state index contributed by atoms with van der Waals surface area (Å²) in [5, 5.41) is 22.1. The number of amides is 1. The SMILES string of the molecule is CC(C)(C)n1c(-c2ccccc2-c2n[nH]c(=O)o2)nc2cc(-c3cnc(N)nc3)ccc21.CC(C)(C)n1c(-c2ccccc2-c2n[nH]c(=O)o2)nc2cc(Br)ccc21.CC(C)(C)n1c(-c2ccccc2C(=O)NN)nc2cc(Br)ccc21.CC(C)(C)n1c(-c2ccccc2C(=O)O)nc2cc(Br)ccc21. The van der Waals surface area contributed by atoms with E-state index < -0.39 is 17.5 Å². The molecule has 0 aliphatic carbocycles. The molecule has 15 rings (SSSR count). The average Bonchev–Trinajstić information content (AvgIpc) is 1.63. The van der Waals surface area contributed by atoms with E-state index >= 15 is 0 Å². The molecule has 7 aromatic heterocycles. The molecule has 0 atom stereocenters. The van der Waals surface area contributed by atoms with Gasteiger partial charge in [-0.3, -0.25) is 10.2 Å². The second kappa shape index (κ2) is 29.1. The summed E-state index contributed by atoms with van der Waals surface area (Å²) in [4.78, 5) is 74.3. The average molecular weight is 1600 g/mol. The Kier molecular flexibility index (Phi) is 20.4. The highest BCUT2D eigenvalue weighted by Gasteiger charge is 2.30. The number of nitrogen functional groups attached to an aromatic ring is 2. The number of imidazole rings is 4. The second-order valence-corrected chi connectivity index (χ2v) is 31.2. The fraction of sp³-hybridized carbons (Fsp3) is 0.205. The van der Waals surface area contributed by atoms with Gasteiger partial charge < -0.3 is 37.9 Å². The zero-order valence-corrected chi connectivity index (χ0v) is 64.1. The lowest BCUT2D eigenvalue weighted by molar-refractivity contribution is 0.0697. The quantitative estimate of drug-likeness (QED) is 0.0444. The number of H-pyrrole nitrogens is 2. The number of nitrogens with two attached hydrogens (primary N) is 2. The largest absolute Gasteiger partial charge is 0.478 e. The van der Waals surface area contributed by atoms with Crippen molar-refractivity contribution < 1.29 is 23.5 Å². The number of hydrogen-bond acceptors (Lipinski definition) is 16. The van der Waals surface area contributed by atoms with Gasteiger partial charge in [0.05, 0.1) is 55.3 Å². The second-order valence-electron chi connectivity index (χ2n) is 28.5. The predicted octanol–water partition coefficient (Wildman–Crippen LogP) is 17.1. The van der Waals surface area contributed by atoms with E-state index in [-0.39, 0.29) is 51.4 Å². The summed E-state index contributed by atoms with van der Waals surface area (Å²) in [6.45, 7) is 25.4. The molecule has 0 radical (unpaired) electrons. The molecule has 0 spiro atoms. The number of carboxylic acids is 1. The molecule has 0 aliphatic heterocycles. The Balaban J connectivity index is 0.000000133. The van der Waals surface area contributed by atoms with Gasteiger partial charge in [0.15, 0.2) is 0 Å². The molecule has 1 amide bonds. The molecule has 8 aromatic carbocycles. The van der Waals surface area contributed by atoms with Gasteiger partial charge in [-0.05, 0) is 180 Å². The van der Waals surface area contributed by atoms with E-state index in [1.807, 2.05) is 146 Å². The van der Waals surface area contributed by atoms with E-state index in [4.69, 9.17) is 40.3 Å². The summed E-state index contributed by atoms with van der Waals surface area (Å²) >= 11 is 10.5. The molecule has 27 heteroatoms. The van der Waals surface area contributed by atoms with E-state index in [9.17, 15) is 24.3 Å². The number of hydrogen-bond donors (Lipinski definition) is 6. The Morgan fingerprint density at radius 2 is 0.743 bits per heavy atom. The minimum Gasteiger partial charge on any atom is -0.478 e. The van der Waals surface area contributed by atoms with Crippen LogP contribution in [0.3, 0.4) is 0 Å². The van der Waals surface area contributed by atoms with Crippen LogP contribution >= 0.6 is 47.8 Å². The molecule has 7 heterocycles. The highest BCUT2D eigenvalue weighted by molar-refractivity contribution is 9.11. The maximum Gasteiger partial charge on any atom is 0.434 e.